The highest BCUT2D eigenvalue weighted by Crippen LogP contribution is 2.28. The van der Waals surface area contributed by atoms with Crippen LogP contribution in [-0.4, -0.2) is 29.1 Å². The van der Waals surface area contributed by atoms with Gasteiger partial charge in [-0.05, 0) is 37.4 Å². The van der Waals surface area contributed by atoms with Crippen LogP contribution in [0.15, 0.2) is 40.8 Å². The summed E-state index contributed by atoms with van der Waals surface area (Å²) in [6.07, 6.45) is 1.13. The standard InChI is InChI=1S/C17H19NO3/c1-12-9-15(21-16(12)17(19)20)11-18-8-7-14(10-18)13-5-3-2-4-6-13/h2-6,9,14H,7-8,10-11H2,1H3,(H,19,20). The van der Waals surface area contributed by atoms with Gasteiger partial charge in [0, 0.05) is 12.1 Å². The van der Waals surface area contributed by atoms with Crippen LogP contribution >= 0.6 is 0 Å². The summed E-state index contributed by atoms with van der Waals surface area (Å²) in [6.45, 7) is 4.46. The second kappa shape index (κ2) is 5.74. The molecule has 0 aliphatic carbocycles. The van der Waals surface area contributed by atoms with Crippen LogP contribution in [0.25, 0.3) is 0 Å². The largest absolute Gasteiger partial charge is 0.475 e. The minimum atomic E-state index is -0.998. The number of benzene rings is 1. The Morgan fingerprint density at radius 1 is 1.38 bits per heavy atom. The molecule has 1 aliphatic heterocycles. The summed E-state index contributed by atoms with van der Waals surface area (Å²) in [5.41, 5.74) is 2.07. The van der Waals surface area contributed by atoms with E-state index in [2.05, 4.69) is 29.2 Å². The van der Waals surface area contributed by atoms with Crippen molar-refractivity contribution < 1.29 is 14.3 Å². The van der Waals surface area contributed by atoms with Gasteiger partial charge in [0.25, 0.3) is 0 Å². The van der Waals surface area contributed by atoms with Gasteiger partial charge in [-0.15, -0.1) is 0 Å². The van der Waals surface area contributed by atoms with E-state index in [1.807, 2.05) is 12.1 Å². The van der Waals surface area contributed by atoms with E-state index in [1.54, 1.807) is 6.92 Å². The molecule has 21 heavy (non-hydrogen) atoms. The summed E-state index contributed by atoms with van der Waals surface area (Å²) in [6, 6.07) is 12.4. The Morgan fingerprint density at radius 3 is 2.81 bits per heavy atom. The first-order valence-corrected chi connectivity index (χ1v) is 7.23. The van der Waals surface area contributed by atoms with Gasteiger partial charge in [0.05, 0.1) is 6.54 Å². The molecular weight excluding hydrogens is 266 g/mol. The van der Waals surface area contributed by atoms with Crippen LogP contribution in [0.3, 0.4) is 0 Å². The summed E-state index contributed by atoms with van der Waals surface area (Å²) >= 11 is 0. The lowest BCUT2D eigenvalue weighted by Gasteiger charge is -2.14. The lowest BCUT2D eigenvalue weighted by atomic mass is 9.99. The lowest BCUT2D eigenvalue weighted by molar-refractivity contribution is 0.0657. The lowest BCUT2D eigenvalue weighted by Crippen LogP contribution is -2.19. The molecule has 1 fully saturated rings. The first-order chi connectivity index (χ1) is 10.1. The monoisotopic (exact) mass is 285 g/mol. The van der Waals surface area contributed by atoms with Crippen LogP contribution in [0.1, 0.15) is 39.8 Å². The fourth-order valence-electron chi connectivity index (χ4n) is 3.03. The number of carboxylic acid groups (broad SMARTS) is 1. The number of carbonyl (C=O) groups is 1. The molecular formula is C17H19NO3. The highest BCUT2D eigenvalue weighted by atomic mass is 16.4. The van der Waals surface area contributed by atoms with Gasteiger partial charge in [-0.2, -0.15) is 0 Å². The number of nitrogens with zero attached hydrogens (tertiary/aromatic N) is 1. The van der Waals surface area contributed by atoms with Crippen molar-refractivity contribution >= 4 is 5.97 Å². The van der Waals surface area contributed by atoms with Gasteiger partial charge in [0.1, 0.15) is 5.76 Å². The van der Waals surface area contributed by atoms with Gasteiger partial charge in [0.2, 0.25) is 5.76 Å². The second-order valence-electron chi connectivity index (χ2n) is 5.66. The molecule has 110 valence electrons. The van der Waals surface area contributed by atoms with E-state index >= 15 is 0 Å². The number of carboxylic acids is 1. The van der Waals surface area contributed by atoms with Crippen molar-refractivity contribution in [3.05, 3.63) is 59.0 Å². The van der Waals surface area contributed by atoms with Crippen molar-refractivity contribution in [1.82, 2.24) is 4.90 Å². The highest BCUT2D eigenvalue weighted by molar-refractivity contribution is 5.86. The minimum Gasteiger partial charge on any atom is -0.475 e. The summed E-state index contributed by atoms with van der Waals surface area (Å²) in [4.78, 5) is 13.3. The number of hydrogen-bond acceptors (Lipinski definition) is 3. The summed E-state index contributed by atoms with van der Waals surface area (Å²) in [5.74, 6) is 0.353. The van der Waals surface area contributed by atoms with E-state index in [-0.39, 0.29) is 5.76 Å². The van der Waals surface area contributed by atoms with Crippen LogP contribution in [0.5, 0.6) is 0 Å². The summed E-state index contributed by atoms with van der Waals surface area (Å²) < 4.78 is 5.44. The smallest absolute Gasteiger partial charge is 0.372 e. The van der Waals surface area contributed by atoms with Crippen LogP contribution in [0.2, 0.25) is 0 Å². The zero-order valence-electron chi connectivity index (χ0n) is 12.1. The summed E-state index contributed by atoms with van der Waals surface area (Å²) in [7, 11) is 0. The third-order valence-electron chi connectivity index (χ3n) is 4.09. The zero-order chi connectivity index (χ0) is 14.8. The molecule has 0 bridgehead atoms. The quantitative estimate of drug-likeness (QED) is 0.936. The van der Waals surface area contributed by atoms with E-state index in [0.717, 1.165) is 25.3 Å². The van der Waals surface area contributed by atoms with Gasteiger partial charge < -0.3 is 9.52 Å². The molecule has 0 saturated carbocycles. The molecule has 0 spiro atoms. The Balaban J connectivity index is 1.65. The first kappa shape index (κ1) is 13.9. The van der Waals surface area contributed by atoms with Crippen LogP contribution in [0.4, 0.5) is 0 Å². The molecule has 1 unspecified atom stereocenters. The Bertz CT molecular complexity index is 633. The maximum atomic E-state index is 11.0. The number of likely N-dealkylation sites (tertiary alicyclic amines) is 1. The summed E-state index contributed by atoms with van der Waals surface area (Å²) in [5, 5.41) is 9.02. The Morgan fingerprint density at radius 2 is 2.14 bits per heavy atom. The second-order valence-corrected chi connectivity index (χ2v) is 5.66. The van der Waals surface area contributed by atoms with Gasteiger partial charge in [-0.25, -0.2) is 4.79 Å². The Kier molecular flexibility index (Phi) is 3.80. The molecule has 1 aromatic carbocycles. The maximum Gasteiger partial charge on any atom is 0.372 e. The van der Waals surface area contributed by atoms with E-state index in [4.69, 9.17) is 9.52 Å². The average Bonchev–Trinajstić information content (AvgIpc) is 3.07. The molecule has 3 rings (SSSR count). The van der Waals surface area contributed by atoms with Crippen LogP contribution < -0.4 is 0 Å². The fraction of sp³-hybridized carbons (Fsp3) is 0.353. The van der Waals surface area contributed by atoms with E-state index in [0.29, 0.717) is 18.0 Å². The molecule has 4 nitrogen and oxygen atoms in total. The molecule has 1 atom stereocenters. The van der Waals surface area contributed by atoms with Gasteiger partial charge in [0.15, 0.2) is 0 Å². The molecule has 1 aliphatic rings. The number of aryl methyl sites for hydroxylation is 1. The topological polar surface area (TPSA) is 53.7 Å². The number of hydrogen-bond donors (Lipinski definition) is 1. The van der Waals surface area contributed by atoms with E-state index in [9.17, 15) is 4.79 Å². The Labute approximate surface area is 124 Å². The van der Waals surface area contributed by atoms with Gasteiger partial charge in [-0.1, -0.05) is 30.3 Å². The molecule has 0 amide bonds. The first-order valence-electron chi connectivity index (χ1n) is 7.23. The van der Waals surface area contributed by atoms with Crippen molar-refractivity contribution in [2.75, 3.05) is 13.1 Å². The van der Waals surface area contributed by atoms with E-state index < -0.39 is 5.97 Å². The number of rotatable bonds is 4. The van der Waals surface area contributed by atoms with Crippen molar-refractivity contribution in [2.24, 2.45) is 0 Å². The Hall–Kier alpha value is -2.07. The van der Waals surface area contributed by atoms with Crippen molar-refractivity contribution in [2.45, 2.75) is 25.8 Å². The van der Waals surface area contributed by atoms with Crippen molar-refractivity contribution in [3.8, 4) is 0 Å². The number of aromatic carboxylic acids is 1. The molecule has 0 radical (unpaired) electrons. The van der Waals surface area contributed by atoms with Crippen LogP contribution in [0, 0.1) is 6.92 Å². The predicted molar refractivity (Wildman–Crippen MR) is 79.5 cm³/mol. The molecule has 2 heterocycles. The number of furan rings is 1. The minimum absolute atomic E-state index is 0.0591. The van der Waals surface area contributed by atoms with Crippen LogP contribution in [-0.2, 0) is 6.54 Å². The maximum absolute atomic E-state index is 11.0. The highest BCUT2D eigenvalue weighted by Gasteiger charge is 2.25. The average molecular weight is 285 g/mol. The van der Waals surface area contributed by atoms with E-state index in [1.165, 1.54) is 5.56 Å². The van der Waals surface area contributed by atoms with Gasteiger partial charge in [-0.3, -0.25) is 4.90 Å². The van der Waals surface area contributed by atoms with Crippen molar-refractivity contribution in [3.63, 3.8) is 0 Å². The third kappa shape index (κ3) is 3.00. The molecule has 1 saturated heterocycles. The van der Waals surface area contributed by atoms with Crippen molar-refractivity contribution in [1.29, 1.82) is 0 Å². The molecule has 1 aromatic heterocycles. The van der Waals surface area contributed by atoms with Gasteiger partial charge >= 0.3 is 5.97 Å². The molecule has 2 aromatic rings. The third-order valence-corrected chi connectivity index (χ3v) is 4.09. The predicted octanol–water partition coefficient (Wildman–Crippen LogP) is 3.28. The molecule has 4 heteroatoms. The molecule has 1 N–H and O–H groups in total. The zero-order valence-corrected chi connectivity index (χ0v) is 12.1. The SMILES string of the molecule is Cc1cc(CN2CCC(c3ccccc3)C2)oc1C(=O)O. The normalized spacial score (nSPS) is 19.0. The fourth-order valence-corrected chi connectivity index (χ4v) is 3.03.